The summed E-state index contributed by atoms with van der Waals surface area (Å²) >= 11 is 7.03. The number of benzene rings is 2. The van der Waals surface area contributed by atoms with Gasteiger partial charge in [0.25, 0.3) is 0 Å². The van der Waals surface area contributed by atoms with Crippen molar-refractivity contribution in [2.75, 3.05) is 0 Å². The van der Waals surface area contributed by atoms with E-state index >= 15 is 0 Å². The third kappa shape index (κ3) is 5.43. The average Bonchev–Trinajstić information content (AvgIpc) is 3.44. The van der Waals surface area contributed by atoms with Crippen LogP contribution in [0, 0.1) is 0 Å². The van der Waals surface area contributed by atoms with Crippen LogP contribution in [0.15, 0.2) is 70.1 Å². The molecule has 186 valence electrons. The van der Waals surface area contributed by atoms with Gasteiger partial charge in [-0.05, 0) is 61.1 Å². The maximum atomic E-state index is 11.4. The van der Waals surface area contributed by atoms with Crippen molar-refractivity contribution in [3.05, 3.63) is 81.3 Å². The highest BCUT2D eigenvalue weighted by atomic mass is 79.9. The molecule has 7 heteroatoms. The fourth-order valence-corrected chi connectivity index (χ4v) is 6.71. The molecule has 2 aromatic carbocycles. The standard InChI is InChI=1S/C15H18BrN3O.C13H15BrO/c16-13-6-4-5-12(9-13)15(20)8-3-1-2-7-14(15)19-11-17-10-18-19;14-11-6-4-5-10(9-11)13-8-3-1-2-7-12(13)15-13/h4-6,9-11,14,20H,1-3,7-8H2;4-6,9,12H,1-3,7-8H2. The Kier molecular flexibility index (Phi) is 7.78. The van der Waals surface area contributed by atoms with Crippen molar-refractivity contribution >= 4 is 31.9 Å². The van der Waals surface area contributed by atoms with Gasteiger partial charge in [0.15, 0.2) is 0 Å². The van der Waals surface area contributed by atoms with E-state index < -0.39 is 5.60 Å². The van der Waals surface area contributed by atoms with E-state index in [1.165, 1.54) is 44.0 Å². The summed E-state index contributed by atoms with van der Waals surface area (Å²) < 4.78 is 9.93. The fraction of sp³-hybridized carbons (Fsp3) is 0.500. The largest absolute Gasteiger partial charge is 0.383 e. The van der Waals surface area contributed by atoms with Gasteiger partial charge < -0.3 is 9.84 Å². The number of aromatic nitrogens is 3. The smallest absolute Gasteiger partial charge is 0.137 e. The molecule has 3 fully saturated rings. The molecule has 35 heavy (non-hydrogen) atoms. The van der Waals surface area contributed by atoms with Crippen LogP contribution in [0.3, 0.4) is 0 Å². The molecule has 1 aromatic heterocycles. The van der Waals surface area contributed by atoms with Gasteiger partial charge in [-0.15, -0.1) is 0 Å². The molecule has 4 atom stereocenters. The van der Waals surface area contributed by atoms with Gasteiger partial charge in [-0.3, -0.25) is 0 Å². The molecule has 1 saturated heterocycles. The van der Waals surface area contributed by atoms with Gasteiger partial charge in [0.1, 0.15) is 23.9 Å². The maximum absolute atomic E-state index is 11.4. The second-order valence-electron chi connectivity index (χ2n) is 10.0. The van der Waals surface area contributed by atoms with Crippen LogP contribution in [-0.4, -0.2) is 26.0 Å². The van der Waals surface area contributed by atoms with Gasteiger partial charge in [0, 0.05) is 8.95 Å². The lowest BCUT2D eigenvalue weighted by molar-refractivity contribution is -0.0286. The zero-order valence-electron chi connectivity index (χ0n) is 20.0. The predicted molar refractivity (Wildman–Crippen MR) is 144 cm³/mol. The predicted octanol–water partition coefficient (Wildman–Crippen LogP) is 7.44. The summed E-state index contributed by atoms with van der Waals surface area (Å²) in [6.45, 7) is 0. The summed E-state index contributed by atoms with van der Waals surface area (Å²) in [6.07, 6.45) is 15.2. The SMILES string of the molecule is Brc1cccc(C23CCCCCC2O3)c1.OC1(c2cccc(Br)c2)CCCCCC1n1cncn1. The minimum Gasteiger partial charge on any atom is -0.383 e. The maximum Gasteiger partial charge on any atom is 0.137 e. The van der Waals surface area contributed by atoms with E-state index in [0.717, 1.165) is 46.6 Å². The summed E-state index contributed by atoms with van der Waals surface area (Å²) in [4.78, 5) is 4.04. The highest BCUT2D eigenvalue weighted by Crippen LogP contribution is 2.54. The minimum atomic E-state index is -0.881. The molecule has 0 radical (unpaired) electrons. The number of aliphatic hydroxyl groups is 1. The molecule has 2 aliphatic carbocycles. The molecule has 2 saturated carbocycles. The number of rotatable bonds is 3. The minimum absolute atomic E-state index is 0.0539. The van der Waals surface area contributed by atoms with E-state index in [4.69, 9.17) is 4.74 Å². The third-order valence-electron chi connectivity index (χ3n) is 7.81. The summed E-state index contributed by atoms with van der Waals surface area (Å²) in [5.74, 6) is 0. The van der Waals surface area contributed by atoms with Crippen LogP contribution in [0.1, 0.15) is 81.4 Å². The van der Waals surface area contributed by atoms with Gasteiger partial charge in [-0.1, -0.05) is 94.7 Å². The molecule has 5 nitrogen and oxygen atoms in total. The van der Waals surface area contributed by atoms with Crippen LogP contribution >= 0.6 is 31.9 Å². The van der Waals surface area contributed by atoms with E-state index in [9.17, 15) is 5.11 Å². The molecule has 1 N–H and O–H groups in total. The van der Waals surface area contributed by atoms with Crippen LogP contribution in [0.5, 0.6) is 0 Å². The molecule has 0 spiro atoms. The van der Waals surface area contributed by atoms with Gasteiger partial charge in [0.2, 0.25) is 0 Å². The summed E-state index contributed by atoms with van der Waals surface area (Å²) in [5, 5.41) is 15.6. The third-order valence-corrected chi connectivity index (χ3v) is 8.80. The fourth-order valence-electron chi connectivity index (χ4n) is 5.91. The van der Waals surface area contributed by atoms with Gasteiger partial charge in [0.05, 0.1) is 12.1 Å². The van der Waals surface area contributed by atoms with Crippen LogP contribution in [0.25, 0.3) is 0 Å². The summed E-state index contributed by atoms with van der Waals surface area (Å²) in [6, 6.07) is 16.5. The first kappa shape index (κ1) is 25.1. The summed E-state index contributed by atoms with van der Waals surface area (Å²) in [5.41, 5.74) is 1.52. The molecular formula is C28H33Br2N3O2. The first-order chi connectivity index (χ1) is 17.0. The first-order valence-corrected chi connectivity index (χ1v) is 14.4. The Hall–Kier alpha value is -1.54. The molecule has 6 rings (SSSR count). The lowest BCUT2D eigenvalue weighted by Gasteiger charge is -2.35. The summed E-state index contributed by atoms with van der Waals surface area (Å²) in [7, 11) is 0. The van der Waals surface area contributed by atoms with Crippen LogP contribution in [-0.2, 0) is 15.9 Å². The Morgan fingerprint density at radius 3 is 2.26 bits per heavy atom. The lowest BCUT2D eigenvalue weighted by atomic mass is 9.82. The molecule has 3 aromatic rings. The lowest BCUT2D eigenvalue weighted by Crippen LogP contribution is -2.36. The van der Waals surface area contributed by atoms with Gasteiger partial charge in [-0.25, -0.2) is 9.67 Å². The molecular weight excluding hydrogens is 570 g/mol. The zero-order chi connectivity index (χ0) is 24.3. The van der Waals surface area contributed by atoms with Crippen molar-refractivity contribution in [1.29, 1.82) is 0 Å². The van der Waals surface area contributed by atoms with Crippen LogP contribution in [0.4, 0.5) is 0 Å². The quantitative estimate of drug-likeness (QED) is 0.250. The Balaban J connectivity index is 0.000000151. The highest BCUT2D eigenvalue weighted by molar-refractivity contribution is 9.10. The van der Waals surface area contributed by atoms with Crippen LogP contribution < -0.4 is 0 Å². The first-order valence-electron chi connectivity index (χ1n) is 12.8. The average molecular weight is 603 g/mol. The van der Waals surface area contributed by atoms with Crippen LogP contribution in [0.2, 0.25) is 0 Å². The molecule has 1 aliphatic heterocycles. The topological polar surface area (TPSA) is 63.5 Å². The van der Waals surface area contributed by atoms with Crippen molar-refractivity contribution in [2.45, 2.75) is 87.6 Å². The monoisotopic (exact) mass is 601 g/mol. The van der Waals surface area contributed by atoms with Gasteiger partial charge in [-0.2, -0.15) is 5.10 Å². The van der Waals surface area contributed by atoms with Gasteiger partial charge >= 0.3 is 0 Å². The number of ether oxygens (including phenoxy) is 1. The Bertz CT molecular complexity index is 1120. The molecule has 3 aliphatic rings. The highest BCUT2D eigenvalue weighted by Gasteiger charge is 2.57. The van der Waals surface area contributed by atoms with Crippen molar-refractivity contribution in [1.82, 2.24) is 14.8 Å². The number of nitrogens with zero attached hydrogens (tertiary/aromatic N) is 3. The number of halogens is 2. The van der Waals surface area contributed by atoms with Crippen molar-refractivity contribution < 1.29 is 9.84 Å². The second kappa shape index (κ2) is 10.8. The van der Waals surface area contributed by atoms with E-state index in [1.54, 1.807) is 6.33 Å². The Morgan fingerprint density at radius 1 is 0.857 bits per heavy atom. The Morgan fingerprint density at radius 2 is 1.54 bits per heavy atom. The number of hydrogen-bond acceptors (Lipinski definition) is 4. The zero-order valence-corrected chi connectivity index (χ0v) is 23.1. The second-order valence-corrected chi connectivity index (χ2v) is 11.9. The number of epoxide rings is 1. The molecule has 4 unspecified atom stereocenters. The van der Waals surface area contributed by atoms with E-state index in [0.29, 0.717) is 6.10 Å². The van der Waals surface area contributed by atoms with Crippen molar-refractivity contribution in [3.8, 4) is 0 Å². The number of fused-ring (bicyclic) bond motifs is 1. The Labute approximate surface area is 224 Å². The normalized spacial score (nSPS) is 30.3. The van der Waals surface area contributed by atoms with Crippen molar-refractivity contribution in [2.24, 2.45) is 0 Å². The van der Waals surface area contributed by atoms with E-state index in [1.807, 2.05) is 28.9 Å². The molecule has 2 heterocycles. The molecule has 0 bridgehead atoms. The van der Waals surface area contributed by atoms with Crippen molar-refractivity contribution in [3.63, 3.8) is 0 Å². The number of hydrogen-bond donors (Lipinski definition) is 1. The molecule has 0 amide bonds. The van der Waals surface area contributed by atoms with E-state index in [2.05, 4.69) is 66.2 Å². The van der Waals surface area contributed by atoms with E-state index in [-0.39, 0.29) is 11.6 Å².